The fourth-order valence-electron chi connectivity index (χ4n) is 4.56. The Morgan fingerprint density at radius 1 is 1.10 bits per heavy atom. The standard InChI is InChI=1S/C22H34N2O5S2/c1-3-4-14-24(20-13-15-30(26,27)17-20)22(25)18-9-8-12-21(16-18)31(28,29)23(2)19-10-6-5-7-11-19/h8-9,12,16,19-20H,3-7,10-11,13-15,17H2,1-2H3. The molecule has 0 spiro atoms. The zero-order chi connectivity index (χ0) is 22.6. The minimum Gasteiger partial charge on any atom is -0.335 e. The molecule has 1 aliphatic carbocycles. The van der Waals surface area contributed by atoms with Crippen molar-refractivity contribution in [3.05, 3.63) is 29.8 Å². The van der Waals surface area contributed by atoms with Crippen LogP contribution in [0.3, 0.4) is 0 Å². The van der Waals surface area contributed by atoms with Crippen molar-refractivity contribution in [2.45, 2.75) is 75.3 Å². The number of sulfone groups is 1. The smallest absolute Gasteiger partial charge is 0.254 e. The van der Waals surface area contributed by atoms with Gasteiger partial charge in [0.2, 0.25) is 10.0 Å². The van der Waals surface area contributed by atoms with Crippen LogP contribution in [0.15, 0.2) is 29.2 Å². The Hall–Kier alpha value is -1.45. The molecule has 2 aliphatic rings. The highest BCUT2D eigenvalue weighted by Gasteiger charge is 2.35. The van der Waals surface area contributed by atoms with Crippen LogP contribution in [0, 0.1) is 0 Å². The van der Waals surface area contributed by atoms with E-state index in [1.807, 2.05) is 6.92 Å². The maximum atomic E-state index is 13.3. The Morgan fingerprint density at radius 2 is 1.81 bits per heavy atom. The second-order valence-corrected chi connectivity index (χ2v) is 13.0. The van der Waals surface area contributed by atoms with Crippen molar-refractivity contribution in [1.82, 2.24) is 9.21 Å². The molecule has 1 atom stereocenters. The molecule has 2 fully saturated rings. The summed E-state index contributed by atoms with van der Waals surface area (Å²) in [5.41, 5.74) is 0.290. The van der Waals surface area contributed by atoms with Crippen molar-refractivity contribution in [2.24, 2.45) is 0 Å². The lowest BCUT2D eigenvalue weighted by atomic mass is 9.96. The molecule has 0 radical (unpaired) electrons. The van der Waals surface area contributed by atoms with E-state index in [0.29, 0.717) is 18.5 Å². The number of carbonyl (C=O) groups is 1. The van der Waals surface area contributed by atoms with Gasteiger partial charge in [0.25, 0.3) is 5.91 Å². The minimum atomic E-state index is -3.71. The van der Waals surface area contributed by atoms with Crippen LogP contribution in [0.4, 0.5) is 0 Å². The number of sulfonamides is 1. The first-order valence-electron chi connectivity index (χ1n) is 11.2. The first kappa shape index (κ1) is 24.2. The summed E-state index contributed by atoms with van der Waals surface area (Å²) in [6.07, 6.45) is 6.98. The van der Waals surface area contributed by atoms with Crippen LogP contribution < -0.4 is 0 Å². The van der Waals surface area contributed by atoms with Gasteiger partial charge in [-0.1, -0.05) is 38.7 Å². The Labute approximate surface area is 186 Å². The predicted molar refractivity (Wildman–Crippen MR) is 121 cm³/mol. The van der Waals surface area contributed by atoms with E-state index in [9.17, 15) is 21.6 Å². The molecule has 0 N–H and O–H groups in total. The maximum Gasteiger partial charge on any atom is 0.254 e. The molecule has 1 saturated carbocycles. The van der Waals surface area contributed by atoms with Gasteiger partial charge in [0, 0.05) is 31.2 Å². The number of amides is 1. The van der Waals surface area contributed by atoms with Crippen molar-refractivity contribution >= 4 is 25.8 Å². The van der Waals surface area contributed by atoms with Gasteiger partial charge in [-0.05, 0) is 43.9 Å². The van der Waals surface area contributed by atoms with E-state index < -0.39 is 19.9 Å². The van der Waals surface area contributed by atoms with Gasteiger partial charge in [0.05, 0.1) is 16.4 Å². The zero-order valence-electron chi connectivity index (χ0n) is 18.5. The normalized spacial score (nSPS) is 22.0. The monoisotopic (exact) mass is 470 g/mol. The lowest BCUT2D eigenvalue weighted by Gasteiger charge is -2.31. The van der Waals surface area contributed by atoms with E-state index in [-0.39, 0.29) is 34.4 Å². The second kappa shape index (κ2) is 10.0. The maximum absolute atomic E-state index is 13.3. The molecular weight excluding hydrogens is 436 g/mol. The number of unbranched alkanes of at least 4 members (excludes halogenated alkanes) is 1. The number of nitrogens with zero attached hydrogens (tertiary/aromatic N) is 2. The van der Waals surface area contributed by atoms with Crippen LogP contribution in [-0.2, 0) is 19.9 Å². The third kappa shape index (κ3) is 5.68. The molecule has 1 heterocycles. The Kier molecular flexibility index (Phi) is 7.81. The Balaban J connectivity index is 1.85. The molecule has 0 bridgehead atoms. The largest absolute Gasteiger partial charge is 0.335 e. The van der Waals surface area contributed by atoms with Gasteiger partial charge in [-0.25, -0.2) is 16.8 Å². The van der Waals surface area contributed by atoms with Crippen LogP contribution in [0.2, 0.25) is 0 Å². The van der Waals surface area contributed by atoms with Crippen molar-refractivity contribution in [3.63, 3.8) is 0 Å². The highest BCUT2D eigenvalue weighted by Crippen LogP contribution is 2.27. The van der Waals surface area contributed by atoms with Crippen molar-refractivity contribution in [2.75, 3.05) is 25.1 Å². The summed E-state index contributed by atoms with van der Waals surface area (Å²) in [5.74, 6) is -0.230. The fraction of sp³-hybridized carbons (Fsp3) is 0.682. The van der Waals surface area contributed by atoms with Crippen LogP contribution in [0.5, 0.6) is 0 Å². The van der Waals surface area contributed by atoms with Crippen LogP contribution in [-0.4, -0.2) is 69.1 Å². The van der Waals surface area contributed by atoms with E-state index in [1.54, 1.807) is 24.1 Å². The molecule has 1 aliphatic heterocycles. The van der Waals surface area contributed by atoms with Gasteiger partial charge in [-0.3, -0.25) is 4.79 Å². The average molecular weight is 471 g/mol. The van der Waals surface area contributed by atoms with E-state index in [1.165, 1.54) is 16.4 Å². The van der Waals surface area contributed by atoms with Gasteiger partial charge in [-0.2, -0.15) is 4.31 Å². The average Bonchev–Trinajstić information content (AvgIpc) is 3.13. The summed E-state index contributed by atoms with van der Waals surface area (Å²) in [7, 11) is -5.22. The summed E-state index contributed by atoms with van der Waals surface area (Å²) < 4.78 is 51.8. The molecule has 0 aromatic heterocycles. The molecule has 9 heteroatoms. The van der Waals surface area contributed by atoms with Crippen LogP contribution >= 0.6 is 0 Å². The number of hydrogen-bond acceptors (Lipinski definition) is 5. The summed E-state index contributed by atoms with van der Waals surface area (Å²) in [4.78, 5) is 15.1. The summed E-state index contributed by atoms with van der Waals surface area (Å²) in [5, 5.41) is 0. The third-order valence-electron chi connectivity index (χ3n) is 6.51. The molecule has 1 saturated heterocycles. The fourth-order valence-corrected chi connectivity index (χ4v) is 7.76. The zero-order valence-corrected chi connectivity index (χ0v) is 20.1. The lowest BCUT2D eigenvalue weighted by molar-refractivity contribution is 0.0694. The molecule has 31 heavy (non-hydrogen) atoms. The number of benzene rings is 1. The number of rotatable bonds is 8. The van der Waals surface area contributed by atoms with E-state index in [2.05, 4.69) is 0 Å². The summed E-state index contributed by atoms with van der Waals surface area (Å²) in [6, 6.07) is 5.82. The van der Waals surface area contributed by atoms with Gasteiger partial charge in [0.15, 0.2) is 9.84 Å². The van der Waals surface area contributed by atoms with Crippen molar-refractivity contribution in [3.8, 4) is 0 Å². The lowest BCUT2D eigenvalue weighted by Crippen LogP contribution is -2.42. The Bertz CT molecular complexity index is 985. The first-order chi connectivity index (χ1) is 14.7. The van der Waals surface area contributed by atoms with Gasteiger partial charge in [-0.15, -0.1) is 0 Å². The van der Waals surface area contributed by atoms with Crippen LogP contribution in [0.25, 0.3) is 0 Å². The SMILES string of the molecule is CCCCN(C(=O)c1cccc(S(=O)(=O)N(C)C2CCCCC2)c1)C1CCS(=O)(=O)C1. The molecule has 1 amide bonds. The van der Waals surface area contributed by atoms with E-state index in [4.69, 9.17) is 0 Å². The molecule has 174 valence electrons. The molecule has 7 nitrogen and oxygen atoms in total. The predicted octanol–water partition coefficient (Wildman–Crippen LogP) is 3.07. The number of carbonyl (C=O) groups excluding carboxylic acids is 1. The van der Waals surface area contributed by atoms with Gasteiger partial charge < -0.3 is 4.90 Å². The van der Waals surface area contributed by atoms with Crippen LogP contribution in [0.1, 0.15) is 68.6 Å². The van der Waals surface area contributed by atoms with Gasteiger partial charge in [0.1, 0.15) is 0 Å². The van der Waals surface area contributed by atoms with E-state index in [0.717, 1.165) is 44.9 Å². The third-order valence-corrected chi connectivity index (χ3v) is 10.2. The second-order valence-electron chi connectivity index (χ2n) is 8.75. The van der Waals surface area contributed by atoms with Crippen molar-refractivity contribution < 1.29 is 21.6 Å². The highest BCUT2D eigenvalue weighted by atomic mass is 32.2. The minimum absolute atomic E-state index is 0.0112. The molecule has 1 unspecified atom stereocenters. The van der Waals surface area contributed by atoms with Crippen molar-refractivity contribution in [1.29, 1.82) is 0 Å². The molecule has 3 rings (SSSR count). The number of hydrogen-bond donors (Lipinski definition) is 0. The molecule has 1 aromatic carbocycles. The van der Waals surface area contributed by atoms with E-state index >= 15 is 0 Å². The highest BCUT2D eigenvalue weighted by molar-refractivity contribution is 7.91. The quantitative estimate of drug-likeness (QED) is 0.582. The topological polar surface area (TPSA) is 91.8 Å². The van der Waals surface area contributed by atoms with Gasteiger partial charge >= 0.3 is 0 Å². The molecule has 1 aromatic rings. The molecular formula is C22H34N2O5S2. The summed E-state index contributed by atoms with van der Waals surface area (Å²) >= 11 is 0. The Morgan fingerprint density at radius 3 is 2.42 bits per heavy atom. The summed E-state index contributed by atoms with van der Waals surface area (Å²) in [6.45, 7) is 2.48. The first-order valence-corrected chi connectivity index (χ1v) is 14.5.